The van der Waals surface area contributed by atoms with Crippen LogP contribution in [0.25, 0.3) is 11.0 Å². The van der Waals surface area contributed by atoms with E-state index in [9.17, 15) is 4.79 Å². The third-order valence-electron chi connectivity index (χ3n) is 2.92. The van der Waals surface area contributed by atoms with Crippen molar-refractivity contribution in [2.45, 2.75) is 19.4 Å². The fraction of sp³-hybridized carbons (Fsp3) is 0.417. The van der Waals surface area contributed by atoms with Crippen molar-refractivity contribution in [3.8, 4) is 12.1 Å². The van der Waals surface area contributed by atoms with Gasteiger partial charge in [-0.05, 0) is 6.42 Å². The molecule has 96 valence electrons. The Hall–Kier alpha value is -2.67. The predicted molar refractivity (Wildman–Crippen MR) is 66.7 cm³/mol. The molecular formula is C12H12N6O. The highest BCUT2D eigenvalue weighted by molar-refractivity contribution is 5.72. The molecule has 2 aromatic rings. The van der Waals surface area contributed by atoms with Crippen molar-refractivity contribution in [3.63, 3.8) is 0 Å². The van der Waals surface area contributed by atoms with Gasteiger partial charge in [0.05, 0.1) is 24.3 Å². The molecule has 0 aliphatic heterocycles. The summed E-state index contributed by atoms with van der Waals surface area (Å²) in [6.45, 7) is 0.245. The highest BCUT2D eigenvalue weighted by Crippen LogP contribution is 2.09. The number of rotatable bonds is 4. The molecule has 2 rings (SSSR count). The largest absolute Gasteiger partial charge is 0.297 e. The van der Waals surface area contributed by atoms with Crippen LogP contribution in [-0.4, -0.2) is 19.3 Å². The zero-order valence-electron chi connectivity index (χ0n) is 10.4. The monoisotopic (exact) mass is 256 g/mol. The SMILES string of the molecule is Cn1ncc2c(=O)n(C[C@H](C#N)CCC#N)cnc21. The molecule has 1 atom stereocenters. The molecule has 0 saturated carbocycles. The molecule has 0 aromatic carbocycles. The maximum absolute atomic E-state index is 12.2. The van der Waals surface area contributed by atoms with E-state index >= 15 is 0 Å². The van der Waals surface area contributed by atoms with E-state index in [1.165, 1.54) is 21.8 Å². The summed E-state index contributed by atoms with van der Waals surface area (Å²) in [4.78, 5) is 16.3. The summed E-state index contributed by atoms with van der Waals surface area (Å²) >= 11 is 0. The number of aryl methyl sites for hydroxylation is 1. The Morgan fingerprint density at radius 3 is 2.95 bits per heavy atom. The lowest BCUT2D eigenvalue weighted by Crippen LogP contribution is -2.24. The van der Waals surface area contributed by atoms with E-state index < -0.39 is 0 Å². The zero-order valence-corrected chi connectivity index (χ0v) is 10.4. The van der Waals surface area contributed by atoms with Crippen LogP contribution in [0.4, 0.5) is 0 Å². The minimum Gasteiger partial charge on any atom is -0.297 e. The number of hydrogen-bond donors (Lipinski definition) is 0. The van der Waals surface area contributed by atoms with Crippen LogP contribution in [0.15, 0.2) is 17.3 Å². The molecule has 0 N–H and O–H groups in total. The number of nitriles is 2. The second-order valence-corrected chi connectivity index (χ2v) is 4.23. The second-order valence-electron chi connectivity index (χ2n) is 4.23. The standard InChI is InChI=1S/C12H12N6O/c1-17-11-10(6-16-17)12(19)18(8-15-11)7-9(5-14)3-2-4-13/h6,8-9H,2-3,7H2,1H3/t9-/m0/s1. The van der Waals surface area contributed by atoms with Gasteiger partial charge < -0.3 is 0 Å². The van der Waals surface area contributed by atoms with Crippen LogP contribution in [0.3, 0.4) is 0 Å². The first-order valence-electron chi connectivity index (χ1n) is 5.81. The van der Waals surface area contributed by atoms with Crippen molar-refractivity contribution in [3.05, 3.63) is 22.9 Å². The zero-order chi connectivity index (χ0) is 13.8. The smallest absolute Gasteiger partial charge is 0.264 e. The quantitative estimate of drug-likeness (QED) is 0.796. The summed E-state index contributed by atoms with van der Waals surface area (Å²) in [7, 11) is 1.71. The number of hydrogen-bond acceptors (Lipinski definition) is 5. The molecule has 2 heterocycles. The van der Waals surface area contributed by atoms with Gasteiger partial charge in [0, 0.05) is 20.0 Å². The van der Waals surface area contributed by atoms with E-state index in [0.717, 1.165) is 0 Å². The Morgan fingerprint density at radius 2 is 2.26 bits per heavy atom. The number of aromatic nitrogens is 4. The lowest BCUT2D eigenvalue weighted by atomic mass is 10.1. The Balaban J connectivity index is 2.31. The van der Waals surface area contributed by atoms with E-state index in [0.29, 0.717) is 23.9 Å². The summed E-state index contributed by atoms with van der Waals surface area (Å²) in [5, 5.41) is 21.9. The van der Waals surface area contributed by atoms with Crippen LogP contribution in [0.2, 0.25) is 0 Å². The van der Waals surface area contributed by atoms with Crippen LogP contribution in [-0.2, 0) is 13.6 Å². The summed E-state index contributed by atoms with van der Waals surface area (Å²) in [6.07, 6.45) is 3.64. The number of nitrogens with zero attached hydrogens (tertiary/aromatic N) is 6. The molecule has 2 aromatic heterocycles. The Morgan fingerprint density at radius 1 is 1.47 bits per heavy atom. The number of fused-ring (bicyclic) bond motifs is 1. The van der Waals surface area contributed by atoms with E-state index in [2.05, 4.69) is 16.2 Å². The molecule has 7 heteroatoms. The van der Waals surface area contributed by atoms with Crippen molar-refractivity contribution in [2.75, 3.05) is 0 Å². The molecule has 0 radical (unpaired) electrons. The van der Waals surface area contributed by atoms with Gasteiger partial charge in [-0.2, -0.15) is 15.6 Å². The summed E-state index contributed by atoms with van der Waals surface area (Å²) in [5.41, 5.74) is 0.307. The summed E-state index contributed by atoms with van der Waals surface area (Å²) in [5.74, 6) is -0.367. The van der Waals surface area contributed by atoms with Gasteiger partial charge in [0.1, 0.15) is 11.7 Å². The van der Waals surface area contributed by atoms with Crippen LogP contribution in [0, 0.1) is 28.6 Å². The average Bonchev–Trinajstić information content (AvgIpc) is 2.79. The van der Waals surface area contributed by atoms with Gasteiger partial charge in [-0.1, -0.05) is 0 Å². The van der Waals surface area contributed by atoms with Crippen molar-refractivity contribution < 1.29 is 0 Å². The Labute approximate surface area is 109 Å². The molecule has 0 bridgehead atoms. The normalized spacial score (nSPS) is 11.9. The topological polar surface area (TPSA) is 100 Å². The molecule has 0 fully saturated rings. The van der Waals surface area contributed by atoms with Gasteiger partial charge >= 0.3 is 0 Å². The minimum absolute atomic E-state index is 0.213. The average molecular weight is 256 g/mol. The lowest BCUT2D eigenvalue weighted by Gasteiger charge is -2.09. The van der Waals surface area contributed by atoms with Crippen LogP contribution < -0.4 is 5.56 Å². The van der Waals surface area contributed by atoms with Gasteiger partial charge in [-0.15, -0.1) is 0 Å². The van der Waals surface area contributed by atoms with Crippen LogP contribution in [0.5, 0.6) is 0 Å². The highest BCUT2D eigenvalue weighted by atomic mass is 16.1. The molecule has 19 heavy (non-hydrogen) atoms. The second kappa shape index (κ2) is 5.32. The van der Waals surface area contributed by atoms with Gasteiger partial charge in [-0.25, -0.2) is 4.98 Å². The van der Waals surface area contributed by atoms with Gasteiger partial charge in [0.25, 0.3) is 5.56 Å². The minimum atomic E-state index is -0.367. The molecule has 0 amide bonds. The van der Waals surface area contributed by atoms with E-state index in [1.807, 2.05) is 6.07 Å². The van der Waals surface area contributed by atoms with E-state index in [-0.39, 0.29) is 18.0 Å². The molecule has 0 aliphatic carbocycles. The van der Waals surface area contributed by atoms with Crippen LogP contribution >= 0.6 is 0 Å². The maximum Gasteiger partial charge on any atom is 0.264 e. The van der Waals surface area contributed by atoms with Crippen molar-refractivity contribution in [1.82, 2.24) is 19.3 Å². The summed E-state index contributed by atoms with van der Waals surface area (Å²) in [6, 6.07) is 4.10. The fourth-order valence-electron chi connectivity index (χ4n) is 1.87. The van der Waals surface area contributed by atoms with Crippen molar-refractivity contribution in [1.29, 1.82) is 10.5 Å². The van der Waals surface area contributed by atoms with Crippen molar-refractivity contribution >= 4 is 11.0 Å². The molecule has 0 spiro atoms. The first-order chi connectivity index (χ1) is 9.17. The van der Waals surface area contributed by atoms with Crippen LogP contribution in [0.1, 0.15) is 12.8 Å². The maximum atomic E-state index is 12.2. The molecular weight excluding hydrogens is 244 g/mol. The van der Waals surface area contributed by atoms with Crippen molar-refractivity contribution in [2.24, 2.45) is 13.0 Å². The van der Waals surface area contributed by atoms with Gasteiger partial charge in [0.2, 0.25) is 0 Å². The van der Waals surface area contributed by atoms with E-state index in [4.69, 9.17) is 10.5 Å². The van der Waals surface area contributed by atoms with E-state index in [1.54, 1.807) is 7.05 Å². The summed E-state index contributed by atoms with van der Waals surface area (Å²) < 4.78 is 2.92. The third-order valence-corrected chi connectivity index (χ3v) is 2.92. The first-order valence-corrected chi connectivity index (χ1v) is 5.81. The predicted octanol–water partition coefficient (Wildman–Crippen LogP) is 0.574. The Kier molecular flexibility index (Phi) is 3.58. The lowest BCUT2D eigenvalue weighted by molar-refractivity contribution is 0.498. The molecule has 0 aliphatic rings. The van der Waals surface area contributed by atoms with Gasteiger partial charge in [0.15, 0.2) is 5.65 Å². The molecule has 0 unspecified atom stereocenters. The highest BCUT2D eigenvalue weighted by Gasteiger charge is 2.12. The Bertz CT molecular complexity index is 729. The molecule has 0 saturated heterocycles. The first kappa shape index (κ1) is 12.8. The third kappa shape index (κ3) is 2.45. The molecule has 7 nitrogen and oxygen atoms in total. The van der Waals surface area contributed by atoms with Gasteiger partial charge in [-0.3, -0.25) is 14.0 Å². The fourth-order valence-corrected chi connectivity index (χ4v) is 1.87.